The van der Waals surface area contributed by atoms with Crippen LogP contribution in [0.1, 0.15) is 22.3 Å². The second-order valence-electron chi connectivity index (χ2n) is 7.11. The minimum atomic E-state index is 0.0278. The molecule has 0 atom stereocenters. The van der Waals surface area contributed by atoms with Crippen LogP contribution in [0.2, 0.25) is 0 Å². The molecule has 0 saturated heterocycles. The molecule has 4 aromatic carbocycles. The van der Waals surface area contributed by atoms with Crippen LogP contribution < -0.4 is 9.47 Å². The van der Waals surface area contributed by atoms with Crippen molar-refractivity contribution >= 4 is 10.8 Å². The SMILES string of the molecule is OCc1ccc(OCc2ccc(COc3ccc(CO)cc3)c3ccccc23)cc1. The molecule has 0 radical (unpaired) electrons. The number of fused-ring (bicyclic) bond motifs is 1. The summed E-state index contributed by atoms with van der Waals surface area (Å²) in [5.74, 6) is 1.55. The van der Waals surface area contributed by atoms with E-state index in [4.69, 9.17) is 19.7 Å². The zero-order valence-corrected chi connectivity index (χ0v) is 16.6. The van der Waals surface area contributed by atoms with Crippen molar-refractivity contribution < 1.29 is 19.7 Å². The Morgan fingerprint density at radius 3 is 1.27 bits per heavy atom. The highest BCUT2D eigenvalue weighted by molar-refractivity contribution is 5.88. The van der Waals surface area contributed by atoms with Crippen molar-refractivity contribution in [3.63, 3.8) is 0 Å². The molecule has 0 aromatic heterocycles. The van der Waals surface area contributed by atoms with Crippen LogP contribution in [-0.2, 0) is 26.4 Å². The van der Waals surface area contributed by atoms with E-state index in [9.17, 15) is 0 Å². The van der Waals surface area contributed by atoms with Crippen molar-refractivity contribution in [3.8, 4) is 11.5 Å². The Hall–Kier alpha value is -3.34. The van der Waals surface area contributed by atoms with Gasteiger partial charge in [-0.1, -0.05) is 60.7 Å². The van der Waals surface area contributed by atoms with E-state index in [0.717, 1.165) is 44.5 Å². The largest absolute Gasteiger partial charge is 0.489 e. The molecule has 0 unspecified atom stereocenters. The summed E-state index contributed by atoms with van der Waals surface area (Å²) in [6.07, 6.45) is 0. The fraction of sp³-hybridized carbons (Fsp3) is 0.154. The summed E-state index contributed by atoms with van der Waals surface area (Å²) in [5, 5.41) is 20.6. The predicted molar refractivity (Wildman–Crippen MR) is 117 cm³/mol. The van der Waals surface area contributed by atoms with Gasteiger partial charge in [0.25, 0.3) is 0 Å². The summed E-state index contributed by atoms with van der Waals surface area (Å²) in [6, 6.07) is 27.4. The van der Waals surface area contributed by atoms with Crippen molar-refractivity contribution in [3.05, 3.63) is 107 Å². The molecule has 0 aliphatic carbocycles. The Kier molecular flexibility index (Phi) is 6.28. The van der Waals surface area contributed by atoms with Gasteiger partial charge in [0.15, 0.2) is 0 Å². The lowest BCUT2D eigenvalue weighted by molar-refractivity contribution is 0.280. The van der Waals surface area contributed by atoms with Gasteiger partial charge in [0.2, 0.25) is 0 Å². The van der Waals surface area contributed by atoms with Crippen molar-refractivity contribution in [2.75, 3.05) is 0 Å². The lowest BCUT2D eigenvalue weighted by Crippen LogP contribution is -2.01. The molecule has 0 aliphatic heterocycles. The first kappa shape index (κ1) is 20.0. The molecule has 0 bridgehead atoms. The monoisotopic (exact) mass is 400 g/mol. The molecule has 4 heteroatoms. The Labute approximate surface area is 176 Å². The summed E-state index contributed by atoms with van der Waals surface area (Å²) in [7, 11) is 0. The normalized spacial score (nSPS) is 10.9. The quantitative estimate of drug-likeness (QED) is 0.438. The minimum Gasteiger partial charge on any atom is -0.489 e. The molecular formula is C26H24O4. The number of aliphatic hydroxyl groups is 2. The molecule has 152 valence electrons. The van der Waals surface area contributed by atoms with Crippen LogP contribution >= 0.6 is 0 Å². The minimum absolute atomic E-state index is 0.0278. The maximum atomic E-state index is 9.16. The van der Waals surface area contributed by atoms with Gasteiger partial charge in [-0.3, -0.25) is 0 Å². The Balaban J connectivity index is 1.50. The third kappa shape index (κ3) is 4.62. The summed E-state index contributed by atoms with van der Waals surface area (Å²) < 4.78 is 11.9. The van der Waals surface area contributed by atoms with Gasteiger partial charge in [0, 0.05) is 0 Å². The van der Waals surface area contributed by atoms with Gasteiger partial charge in [-0.05, 0) is 57.3 Å². The van der Waals surface area contributed by atoms with Crippen LogP contribution in [0.3, 0.4) is 0 Å². The second kappa shape index (κ2) is 9.44. The van der Waals surface area contributed by atoms with Crippen molar-refractivity contribution in [2.24, 2.45) is 0 Å². The Morgan fingerprint density at radius 2 is 0.900 bits per heavy atom. The van der Waals surface area contributed by atoms with E-state index in [0.29, 0.717) is 13.2 Å². The van der Waals surface area contributed by atoms with Crippen LogP contribution in [0, 0.1) is 0 Å². The van der Waals surface area contributed by atoms with Crippen LogP contribution in [0.15, 0.2) is 84.9 Å². The maximum Gasteiger partial charge on any atom is 0.119 e. The topological polar surface area (TPSA) is 58.9 Å². The molecule has 30 heavy (non-hydrogen) atoms. The van der Waals surface area contributed by atoms with Gasteiger partial charge in [-0.25, -0.2) is 0 Å². The summed E-state index contributed by atoms with van der Waals surface area (Å²) in [4.78, 5) is 0. The molecule has 0 aliphatic rings. The molecule has 0 spiro atoms. The van der Waals surface area contributed by atoms with Gasteiger partial charge >= 0.3 is 0 Å². The molecule has 4 nitrogen and oxygen atoms in total. The van der Waals surface area contributed by atoms with Crippen molar-refractivity contribution in [1.29, 1.82) is 0 Å². The summed E-state index contributed by atoms with van der Waals surface area (Å²) >= 11 is 0. The molecular weight excluding hydrogens is 376 g/mol. The smallest absolute Gasteiger partial charge is 0.119 e. The van der Waals surface area contributed by atoms with Crippen molar-refractivity contribution in [2.45, 2.75) is 26.4 Å². The first-order valence-electron chi connectivity index (χ1n) is 9.91. The van der Waals surface area contributed by atoms with E-state index in [1.165, 1.54) is 0 Å². The number of rotatable bonds is 8. The zero-order valence-electron chi connectivity index (χ0n) is 16.6. The summed E-state index contributed by atoms with van der Waals surface area (Å²) in [6.45, 7) is 0.978. The fourth-order valence-electron chi connectivity index (χ4n) is 3.38. The van der Waals surface area contributed by atoms with Gasteiger partial charge < -0.3 is 19.7 Å². The molecule has 4 rings (SSSR count). The molecule has 0 amide bonds. The predicted octanol–water partition coefficient (Wildman–Crippen LogP) is 4.98. The first-order chi connectivity index (χ1) is 14.8. The molecule has 0 fully saturated rings. The van der Waals surface area contributed by atoms with E-state index >= 15 is 0 Å². The number of hydrogen-bond donors (Lipinski definition) is 2. The first-order valence-corrected chi connectivity index (χ1v) is 9.91. The van der Waals surface area contributed by atoms with E-state index in [-0.39, 0.29) is 13.2 Å². The molecule has 0 saturated carbocycles. The highest BCUT2D eigenvalue weighted by atomic mass is 16.5. The van der Waals surface area contributed by atoms with Gasteiger partial charge in [0.05, 0.1) is 13.2 Å². The van der Waals surface area contributed by atoms with Crippen molar-refractivity contribution in [1.82, 2.24) is 0 Å². The Bertz CT molecular complexity index is 1010. The highest BCUT2D eigenvalue weighted by Crippen LogP contribution is 2.26. The zero-order chi connectivity index (χ0) is 20.8. The Morgan fingerprint density at radius 1 is 0.500 bits per heavy atom. The lowest BCUT2D eigenvalue weighted by Gasteiger charge is -2.14. The van der Waals surface area contributed by atoms with E-state index in [2.05, 4.69) is 24.3 Å². The van der Waals surface area contributed by atoms with Gasteiger partial charge in [-0.2, -0.15) is 0 Å². The standard InChI is InChI=1S/C26H24O4/c27-15-19-5-11-23(12-6-19)29-17-21-9-10-22(26-4-2-1-3-25(21)26)18-30-24-13-7-20(16-28)8-14-24/h1-14,27-28H,15-18H2. The number of benzene rings is 4. The summed E-state index contributed by atoms with van der Waals surface area (Å²) in [5.41, 5.74) is 3.94. The third-order valence-electron chi connectivity index (χ3n) is 5.11. The van der Waals surface area contributed by atoms with E-state index in [1.807, 2.05) is 60.7 Å². The fourth-order valence-corrected chi connectivity index (χ4v) is 3.38. The van der Waals surface area contributed by atoms with Crippen LogP contribution in [0.25, 0.3) is 10.8 Å². The average molecular weight is 400 g/mol. The lowest BCUT2D eigenvalue weighted by atomic mass is 10.0. The molecule has 4 aromatic rings. The average Bonchev–Trinajstić information content (AvgIpc) is 2.82. The van der Waals surface area contributed by atoms with Gasteiger partial charge in [0.1, 0.15) is 24.7 Å². The molecule has 2 N–H and O–H groups in total. The number of hydrogen-bond acceptors (Lipinski definition) is 4. The number of ether oxygens (including phenoxy) is 2. The van der Waals surface area contributed by atoms with E-state index in [1.54, 1.807) is 0 Å². The second-order valence-corrected chi connectivity index (χ2v) is 7.11. The number of aliphatic hydroxyl groups excluding tert-OH is 2. The maximum absolute atomic E-state index is 9.16. The van der Waals surface area contributed by atoms with Gasteiger partial charge in [-0.15, -0.1) is 0 Å². The molecule has 0 heterocycles. The van der Waals surface area contributed by atoms with E-state index < -0.39 is 0 Å². The van der Waals surface area contributed by atoms with Crippen LogP contribution in [0.4, 0.5) is 0 Å². The van der Waals surface area contributed by atoms with Crippen LogP contribution in [0.5, 0.6) is 11.5 Å². The van der Waals surface area contributed by atoms with Crippen LogP contribution in [-0.4, -0.2) is 10.2 Å². The third-order valence-corrected chi connectivity index (χ3v) is 5.11. The highest BCUT2D eigenvalue weighted by Gasteiger charge is 2.08.